The second kappa shape index (κ2) is 9.22. The largest absolute Gasteiger partial charge is 0.393 e. The van der Waals surface area contributed by atoms with Crippen molar-refractivity contribution in [3.05, 3.63) is 52.9 Å². The van der Waals surface area contributed by atoms with E-state index in [2.05, 4.69) is 17.0 Å². The van der Waals surface area contributed by atoms with Crippen molar-refractivity contribution in [2.75, 3.05) is 6.26 Å². The molecule has 0 fully saturated rings. The van der Waals surface area contributed by atoms with E-state index in [0.29, 0.717) is 17.9 Å². The van der Waals surface area contributed by atoms with Gasteiger partial charge in [0, 0.05) is 17.9 Å². The Bertz CT molecular complexity index is 1020. The number of nitrogens with zero attached hydrogens (tertiary/aromatic N) is 1. The van der Waals surface area contributed by atoms with Crippen molar-refractivity contribution in [3.63, 3.8) is 0 Å². The van der Waals surface area contributed by atoms with Gasteiger partial charge in [0.25, 0.3) is 5.91 Å². The molecule has 0 aliphatic rings. The van der Waals surface area contributed by atoms with E-state index in [1.807, 2.05) is 24.3 Å². The number of aryl methyl sites for hydroxylation is 1. The number of aliphatic hydroxyl groups excluding tert-OH is 1. The molecule has 29 heavy (non-hydrogen) atoms. The quantitative estimate of drug-likeness (QED) is 0.349. The Balaban J connectivity index is 2.06. The van der Waals surface area contributed by atoms with Gasteiger partial charge in [0.05, 0.1) is 11.8 Å². The number of benzene rings is 1. The first-order chi connectivity index (χ1) is 13.5. The molecule has 0 radical (unpaired) electrons. The Morgan fingerprint density at radius 1 is 1.31 bits per heavy atom. The van der Waals surface area contributed by atoms with Crippen LogP contribution in [-0.2, 0) is 27.5 Å². The fourth-order valence-corrected chi connectivity index (χ4v) is 3.50. The highest BCUT2D eigenvalue weighted by atomic mass is 32.2. The number of carbonyl (C=O) groups is 1. The number of aliphatic hydroxyl groups is 1. The summed E-state index contributed by atoms with van der Waals surface area (Å²) in [4.78, 5) is 11.8. The molecule has 3 N–H and O–H groups in total. The lowest BCUT2D eigenvalue weighted by atomic mass is 10.0. The average Bonchev–Trinajstić information content (AvgIpc) is 3.11. The molecule has 0 aliphatic carbocycles. The summed E-state index contributed by atoms with van der Waals surface area (Å²) < 4.78 is 27.3. The highest BCUT2D eigenvalue weighted by Gasteiger charge is 2.43. The van der Waals surface area contributed by atoms with Gasteiger partial charge in [-0.15, -0.1) is 0 Å². The zero-order chi connectivity index (χ0) is 21.7. The zero-order valence-corrected chi connectivity index (χ0v) is 17.3. The second-order valence-electron chi connectivity index (χ2n) is 7.13. The van der Waals surface area contributed by atoms with Crippen LogP contribution < -0.4 is 5.48 Å². The molecule has 9 heteroatoms. The lowest BCUT2D eigenvalue weighted by Crippen LogP contribution is -2.49. The van der Waals surface area contributed by atoms with Crippen molar-refractivity contribution in [2.24, 2.45) is 0 Å². The topological polar surface area (TPSA) is 130 Å². The fraction of sp³-hybridized carbons (Fsp3) is 0.400. The molecule has 0 aliphatic heterocycles. The molecule has 0 spiro atoms. The van der Waals surface area contributed by atoms with E-state index < -0.39 is 26.6 Å². The van der Waals surface area contributed by atoms with Crippen molar-refractivity contribution in [2.45, 2.75) is 44.0 Å². The maximum Gasteiger partial charge on any atom is 0.264 e. The molecule has 2 aromatic rings. The summed E-state index contributed by atoms with van der Waals surface area (Å²) in [6, 6.07) is 9.04. The maximum atomic E-state index is 12.0. The van der Waals surface area contributed by atoms with Crippen LogP contribution in [0.25, 0.3) is 0 Å². The molecule has 1 aromatic heterocycles. The number of rotatable bonds is 7. The lowest BCUT2D eigenvalue weighted by Gasteiger charge is -2.24. The smallest absolute Gasteiger partial charge is 0.264 e. The van der Waals surface area contributed by atoms with Gasteiger partial charge in [-0.05, 0) is 56.7 Å². The first-order valence-corrected chi connectivity index (χ1v) is 10.8. The third kappa shape index (κ3) is 5.90. The molecule has 8 nitrogen and oxygen atoms in total. The van der Waals surface area contributed by atoms with Gasteiger partial charge in [-0.1, -0.05) is 23.2 Å². The Morgan fingerprint density at radius 2 is 1.97 bits per heavy atom. The molecule has 156 valence electrons. The standard InChI is InChI=1S/C20H24N2O6S/c1-14(23)12-16-6-4-15(5-7-16)8-9-18-13-17(22-28-18)10-11-20(2,19(24)21-25)29(3,26)27/h4-7,13-14,23,25H,10-12H2,1-3H3,(H,21,24). The molecular weight excluding hydrogens is 396 g/mol. The number of carbonyl (C=O) groups excluding carboxylic acids is 1. The van der Waals surface area contributed by atoms with Crippen molar-refractivity contribution >= 4 is 15.7 Å². The van der Waals surface area contributed by atoms with Crippen LogP contribution in [0.3, 0.4) is 0 Å². The van der Waals surface area contributed by atoms with Crippen LogP contribution in [0.2, 0.25) is 0 Å². The van der Waals surface area contributed by atoms with E-state index in [4.69, 9.17) is 9.73 Å². The van der Waals surface area contributed by atoms with Crippen molar-refractivity contribution in [1.29, 1.82) is 0 Å². The molecule has 2 unspecified atom stereocenters. The van der Waals surface area contributed by atoms with Crippen LogP contribution in [0.15, 0.2) is 34.9 Å². The average molecular weight is 420 g/mol. The van der Waals surface area contributed by atoms with Crippen LogP contribution in [-0.4, -0.2) is 46.9 Å². The minimum atomic E-state index is -3.77. The Morgan fingerprint density at radius 3 is 2.52 bits per heavy atom. The summed E-state index contributed by atoms with van der Waals surface area (Å²) >= 11 is 0. The van der Waals surface area contributed by atoms with Gasteiger partial charge >= 0.3 is 0 Å². The Kier molecular flexibility index (Phi) is 7.19. The van der Waals surface area contributed by atoms with Crippen molar-refractivity contribution < 1.29 is 28.0 Å². The Hall–Kier alpha value is -2.67. The summed E-state index contributed by atoms with van der Waals surface area (Å²) in [5, 5.41) is 22.1. The van der Waals surface area contributed by atoms with E-state index in [1.165, 1.54) is 12.4 Å². The molecule has 2 atom stereocenters. The highest BCUT2D eigenvalue weighted by Crippen LogP contribution is 2.23. The van der Waals surface area contributed by atoms with E-state index in [1.54, 1.807) is 13.0 Å². The molecule has 0 saturated heterocycles. The summed E-state index contributed by atoms with van der Waals surface area (Å²) in [6.07, 6.45) is 1.17. The van der Waals surface area contributed by atoms with Gasteiger partial charge in [0.15, 0.2) is 9.84 Å². The van der Waals surface area contributed by atoms with Crippen LogP contribution in [0, 0.1) is 11.8 Å². The summed E-state index contributed by atoms with van der Waals surface area (Å²) in [5.41, 5.74) is 3.63. The molecule has 0 bridgehead atoms. The summed E-state index contributed by atoms with van der Waals surface area (Å²) in [7, 11) is -3.77. The van der Waals surface area contributed by atoms with Gasteiger partial charge in [-0.3, -0.25) is 10.0 Å². The molecule has 2 rings (SSSR count). The lowest BCUT2D eigenvalue weighted by molar-refractivity contribution is -0.131. The summed E-state index contributed by atoms with van der Waals surface area (Å²) in [6.45, 7) is 2.97. The third-order valence-corrected chi connectivity index (χ3v) is 6.66. The maximum absolute atomic E-state index is 12.0. The zero-order valence-electron chi connectivity index (χ0n) is 16.5. The predicted octanol–water partition coefficient (Wildman–Crippen LogP) is 1.24. The first-order valence-electron chi connectivity index (χ1n) is 8.94. The van der Waals surface area contributed by atoms with Crippen LogP contribution in [0.4, 0.5) is 0 Å². The minimum absolute atomic E-state index is 0.0810. The van der Waals surface area contributed by atoms with Gasteiger partial charge in [-0.25, -0.2) is 13.9 Å². The minimum Gasteiger partial charge on any atom is -0.393 e. The number of amides is 1. The molecule has 1 aromatic carbocycles. The van der Waals surface area contributed by atoms with Crippen LogP contribution in [0.5, 0.6) is 0 Å². The number of hydrogen-bond acceptors (Lipinski definition) is 7. The summed E-state index contributed by atoms with van der Waals surface area (Å²) in [5.74, 6) is 5.08. The number of nitrogens with one attached hydrogen (secondary N) is 1. The van der Waals surface area contributed by atoms with Gasteiger partial charge in [0.1, 0.15) is 4.75 Å². The van der Waals surface area contributed by atoms with Crippen LogP contribution >= 0.6 is 0 Å². The number of hydroxylamine groups is 1. The van der Waals surface area contributed by atoms with E-state index in [-0.39, 0.29) is 12.8 Å². The molecule has 0 saturated carbocycles. The highest BCUT2D eigenvalue weighted by molar-refractivity contribution is 7.92. The van der Waals surface area contributed by atoms with Gasteiger partial charge in [-0.2, -0.15) is 0 Å². The van der Waals surface area contributed by atoms with E-state index >= 15 is 0 Å². The van der Waals surface area contributed by atoms with Gasteiger partial charge < -0.3 is 9.63 Å². The van der Waals surface area contributed by atoms with Crippen molar-refractivity contribution in [1.82, 2.24) is 10.6 Å². The van der Waals surface area contributed by atoms with Gasteiger partial charge in [0.2, 0.25) is 5.76 Å². The second-order valence-corrected chi connectivity index (χ2v) is 9.57. The van der Waals surface area contributed by atoms with Crippen molar-refractivity contribution in [3.8, 4) is 11.8 Å². The molecule has 1 amide bonds. The number of sulfone groups is 1. The Labute approximate surface area is 169 Å². The van der Waals surface area contributed by atoms with E-state index in [0.717, 1.165) is 17.4 Å². The fourth-order valence-electron chi connectivity index (χ4n) is 2.64. The third-order valence-electron chi connectivity index (χ3n) is 4.63. The molecule has 1 heterocycles. The van der Waals surface area contributed by atoms with E-state index in [9.17, 15) is 18.3 Å². The van der Waals surface area contributed by atoms with Crippen LogP contribution in [0.1, 0.15) is 42.8 Å². The molecular formula is C20H24N2O6S. The normalized spacial score (nSPS) is 14.4. The monoisotopic (exact) mass is 420 g/mol. The number of hydrogen-bond donors (Lipinski definition) is 3. The number of aromatic nitrogens is 1. The SMILES string of the molecule is CC(O)Cc1ccc(C#Cc2cc(CCC(C)(C(=O)NO)S(C)(=O)=O)no2)cc1. The first kappa shape index (κ1) is 22.6. The predicted molar refractivity (Wildman–Crippen MR) is 106 cm³/mol.